The second kappa shape index (κ2) is 6.40. The number of rotatable bonds is 2. The maximum Gasteiger partial charge on any atom is 0.435 e. The van der Waals surface area contributed by atoms with Crippen LogP contribution in [-0.4, -0.2) is 12.4 Å². The topological polar surface area (TPSA) is 0 Å². The van der Waals surface area contributed by atoms with E-state index in [2.05, 4.69) is 0 Å². The van der Waals surface area contributed by atoms with Crippen LogP contribution in [0.2, 0.25) is 5.02 Å². The molecule has 0 N–H and O–H groups in total. The van der Waals surface area contributed by atoms with Crippen molar-refractivity contribution in [3.8, 4) is 11.1 Å². The van der Waals surface area contributed by atoms with Gasteiger partial charge in [-0.1, -0.05) is 29.3 Å². The van der Waals surface area contributed by atoms with Crippen LogP contribution in [0.25, 0.3) is 11.1 Å². The normalized spacial score (nSPS) is 13.2. The average Bonchev–Trinajstić information content (AvgIpc) is 2.44. The molecule has 0 aromatic heterocycles. The summed E-state index contributed by atoms with van der Waals surface area (Å²) >= 11 is 5.80. The molecule has 0 heterocycles. The van der Waals surface area contributed by atoms with E-state index in [0.717, 1.165) is 18.2 Å². The molecule has 0 saturated carbocycles. The van der Waals surface area contributed by atoms with Crippen molar-refractivity contribution >= 4 is 11.6 Å². The van der Waals surface area contributed by atoms with E-state index in [-0.39, 0.29) is 16.7 Å². The lowest BCUT2D eigenvalue weighted by atomic mass is 9.83. The van der Waals surface area contributed by atoms with Crippen LogP contribution in [0.15, 0.2) is 30.3 Å². The lowest BCUT2D eigenvalue weighted by Gasteiger charge is -2.33. The van der Waals surface area contributed by atoms with E-state index >= 15 is 0 Å². The molecule has 0 aliphatic rings. The van der Waals surface area contributed by atoms with Gasteiger partial charge in [0.2, 0.25) is 0 Å². The van der Waals surface area contributed by atoms with Crippen molar-refractivity contribution in [2.45, 2.75) is 31.9 Å². The smallest absolute Gasteiger partial charge is 0.218 e. The van der Waals surface area contributed by atoms with Crippen molar-refractivity contribution in [3.63, 3.8) is 0 Å². The first-order valence-corrected chi connectivity index (χ1v) is 7.47. The van der Waals surface area contributed by atoms with Crippen molar-refractivity contribution in [1.29, 1.82) is 0 Å². The maximum atomic E-state index is 14.7. The number of alkyl halides is 7. The Morgan fingerprint density at radius 3 is 1.81 bits per heavy atom. The summed E-state index contributed by atoms with van der Waals surface area (Å²) in [5.74, 6) is -0.844. The Labute approximate surface area is 148 Å². The molecule has 0 fully saturated rings. The second-order valence-corrected chi connectivity index (χ2v) is 6.19. The average molecular weight is 403 g/mol. The second-order valence-electron chi connectivity index (χ2n) is 5.78. The monoisotopic (exact) mass is 402 g/mol. The quantitative estimate of drug-likeness (QED) is 0.472. The third-order valence-corrected chi connectivity index (χ3v) is 4.15. The zero-order valence-electron chi connectivity index (χ0n) is 13.3. The Morgan fingerprint density at radius 1 is 0.808 bits per heavy atom. The SMILES string of the molecule is Cc1cc(C)c(-c2ccc(F)cc2Cl)c(C(F)(C(F)(F)F)C(F)(F)F)c1. The lowest BCUT2D eigenvalue weighted by molar-refractivity contribution is -0.348. The molecule has 0 atom stereocenters. The molecule has 0 spiro atoms. The molecule has 2 rings (SSSR count). The van der Waals surface area contributed by atoms with Gasteiger partial charge in [0, 0.05) is 11.1 Å². The highest BCUT2D eigenvalue weighted by molar-refractivity contribution is 6.33. The molecular weight excluding hydrogens is 392 g/mol. The highest BCUT2D eigenvalue weighted by Crippen LogP contribution is 2.56. The van der Waals surface area contributed by atoms with Crippen LogP contribution in [0.3, 0.4) is 0 Å². The molecule has 0 bridgehead atoms. The summed E-state index contributed by atoms with van der Waals surface area (Å²) < 4.78 is 107. The molecule has 2 aromatic rings. The summed E-state index contributed by atoms with van der Waals surface area (Å²) in [6, 6.07) is 4.20. The highest BCUT2D eigenvalue weighted by Gasteiger charge is 2.74. The van der Waals surface area contributed by atoms with Gasteiger partial charge in [-0.2, -0.15) is 26.3 Å². The van der Waals surface area contributed by atoms with Crippen molar-refractivity contribution in [2.24, 2.45) is 0 Å². The fourth-order valence-electron chi connectivity index (χ4n) is 2.76. The van der Waals surface area contributed by atoms with Gasteiger partial charge in [0.15, 0.2) is 0 Å². The largest absolute Gasteiger partial charge is 0.435 e. The van der Waals surface area contributed by atoms with Gasteiger partial charge >= 0.3 is 18.0 Å². The Hall–Kier alpha value is -1.83. The molecule has 0 unspecified atom stereocenters. The van der Waals surface area contributed by atoms with Crippen molar-refractivity contribution in [1.82, 2.24) is 0 Å². The molecule has 0 nitrogen and oxygen atoms in total. The molecular formula is C17H11ClF8. The van der Waals surface area contributed by atoms with Gasteiger partial charge in [-0.05, 0) is 43.2 Å². The maximum absolute atomic E-state index is 14.7. The van der Waals surface area contributed by atoms with E-state index in [1.165, 1.54) is 19.9 Å². The van der Waals surface area contributed by atoms with E-state index in [1.54, 1.807) is 0 Å². The fraction of sp³-hybridized carbons (Fsp3) is 0.294. The molecule has 0 aliphatic heterocycles. The molecule has 26 heavy (non-hydrogen) atoms. The highest BCUT2D eigenvalue weighted by atomic mass is 35.5. The summed E-state index contributed by atoms with van der Waals surface area (Å²) in [6.07, 6.45) is -12.5. The predicted octanol–water partition coefficient (Wildman–Crippen LogP) is 7.05. The standard InChI is InChI=1S/C17H11ClF8/c1-8-5-9(2)14(11-4-3-10(19)7-13(11)18)12(6-8)15(20,16(21,22)23)17(24,25)26/h3-7H,1-2H3. The van der Waals surface area contributed by atoms with Crippen molar-refractivity contribution in [2.75, 3.05) is 0 Å². The van der Waals surface area contributed by atoms with Crippen LogP contribution in [-0.2, 0) is 5.67 Å². The van der Waals surface area contributed by atoms with Crippen molar-refractivity contribution < 1.29 is 35.1 Å². The summed E-state index contributed by atoms with van der Waals surface area (Å²) in [7, 11) is 0. The summed E-state index contributed by atoms with van der Waals surface area (Å²) in [5.41, 5.74) is -8.35. The van der Waals surface area contributed by atoms with Crippen LogP contribution >= 0.6 is 11.6 Å². The number of aryl methyl sites for hydroxylation is 2. The van der Waals surface area contributed by atoms with Crippen molar-refractivity contribution in [3.05, 3.63) is 57.9 Å². The fourth-order valence-corrected chi connectivity index (χ4v) is 3.02. The van der Waals surface area contributed by atoms with E-state index in [1.807, 2.05) is 0 Å². The number of halogens is 9. The Kier molecular flexibility index (Phi) is 5.04. The Balaban J connectivity index is 2.97. The van der Waals surface area contributed by atoms with E-state index in [9.17, 15) is 35.1 Å². The van der Waals surface area contributed by atoms with Crippen LogP contribution in [0.1, 0.15) is 16.7 Å². The Bertz CT molecular complexity index is 822. The number of hydrogen-bond donors (Lipinski definition) is 0. The predicted molar refractivity (Wildman–Crippen MR) is 81.2 cm³/mol. The molecule has 142 valence electrons. The lowest BCUT2D eigenvalue weighted by Crippen LogP contribution is -2.50. The van der Waals surface area contributed by atoms with Gasteiger partial charge in [-0.25, -0.2) is 8.78 Å². The van der Waals surface area contributed by atoms with Crippen LogP contribution < -0.4 is 0 Å². The van der Waals surface area contributed by atoms with E-state index in [4.69, 9.17) is 11.6 Å². The molecule has 0 amide bonds. The zero-order valence-corrected chi connectivity index (χ0v) is 14.0. The van der Waals surface area contributed by atoms with Gasteiger partial charge in [0.25, 0.3) is 0 Å². The van der Waals surface area contributed by atoms with E-state index < -0.39 is 40.0 Å². The minimum absolute atomic E-state index is 0.00462. The minimum atomic E-state index is -6.27. The molecule has 0 radical (unpaired) electrons. The Morgan fingerprint density at radius 2 is 1.35 bits per heavy atom. The van der Waals surface area contributed by atoms with Crippen LogP contribution in [0.5, 0.6) is 0 Å². The summed E-state index contributed by atoms with van der Waals surface area (Å²) in [4.78, 5) is 0. The first kappa shape index (κ1) is 20.5. The van der Waals surface area contributed by atoms with Crippen LogP contribution in [0, 0.1) is 19.7 Å². The van der Waals surface area contributed by atoms with Gasteiger partial charge in [-0.3, -0.25) is 0 Å². The van der Waals surface area contributed by atoms with Gasteiger partial charge in [0.1, 0.15) is 5.82 Å². The molecule has 9 heteroatoms. The number of hydrogen-bond acceptors (Lipinski definition) is 0. The first-order valence-electron chi connectivity index (χ1n) is 7.09. The van der Waals surface area contributed by atoms with Crippen LogP contribution in [0.4, 0.5) is 35.1 Å². The molecule has 2 aromatic carbocycles. The van der Waals surface area contributed by atoms with Gasteiger partial charge < -0.3 is 0 Å². The zero-order chi connectivity index (χ0) is 20.1. The molecule has 0 aliphatic carbocycles. The third-order valence-electron chi connectivity index (χ3n) is 3.83. The number of benzene rings is 2. The minimum Gasteiger partial charge on any atom is -0.218 e. The van der Waals surface area contributed by atoms with Gasteiger partial charge in [-0.15, -0.1) is 0 Å². The third kappa shape index (κ3) is 3.26. The summed E-state index contributed by atoms with van der Waals surface area (Å²) in [6.45, 7) is 2.46. The summed E-state index contributed by atoms with van der Waals surface area (Å²) in [5, 5.41) is -0.440. The first-order chi connectivity index (χ1) is 11.7. The van der Waals surface area contributed by atoms with Gasteiger partial charge in [0.05, 0.1) is 5.02 Å². The van der Waals surface area contributed by atoms with E-state index in [0.29, 0.717) is 6.07 Å². The molecule has 0 saturated heterocycles.